The smallest absolute Gasteiger partial charge is 0.413 e. The maximum atomic E-state index is 13.3. The van der Waals surface area contributed by atoms with Crippen LogP contribution in [-0.2, 0) is 0 Å². The van der Waals surface area contributed by atoms with Gasteiger partial charge in [-0.25, -0.2) is 0 Å². The van der Waals surface area contributed by atoms with Gasteiger partial charge in [0.15, 0.2) is 6.04 Å². The van der Waals surface area contributed by atoms with E-state index in [1.165, 1.54) is 12.1 Å². The Morgan fingerprint density at radius 3 is 2.42 bits per heavy atom. The number of hydrogen-bond donors (Lipinski definition) is 1. The lowest BCUT2D eigenvalue weighted by molar-refractivity contribution is -0.156. The Bertz CT molecular complexity index is 694. The first-order valence-corrected chi connectivity index (χ1v) is 6.47. The lowest BCUT2D eigenvalue weighted by atomic mass is 10.0. The van der Waals surface area contributed by atoms with Crippen LogP contribution >= 0.6 is 0 Å². The number of halogens is 5. The zero-order valence-corrected chi connectivity index (χ0v) is 11.8. The Kier molecular flexibility index (Phi) is 5.27. The van der Waals surface area contributed by atoms with E-state index in [1.807, 2.05) is 0 Å². The minimum absolute atomic E-state index is 0.161. The van der Waals surface area contributed by atoms with Crippen LogP contribution in [0.5, 0.6) is 5.75 Å². The van der Waals surface area contributed by atoms with Crippen molar-refractivity contribution in [2.24, 2.45) is 0 Å². The molecule has 10 heteroatoms. The van der Waals surface area contributed by atoms with Crippen LogP contribution in [0.15, 0.2) is 42.7 Å². The number of rotatable bonds is 5. The second-order valence-electron chi connectivity index (χ2n) is 4.50. The van der Waals surface area contributed by atoms with Gasteiger partial charge in [-0.1, -0.05) is 18.2 Å². The predicted octanol–water partition coefficient (Wildman–Crippen LogP) is 3.11. The molecule has 0 aliphatic rings. The highest BCUT2D eigenvalue weighted by molar-refractivity contribution is 5.94. The Morgan fingerprint density at radius 2 is 1.83 bits per heavy atom. The fourth-order valence-electron chi connectivity index (χ4n) is 1.90. The van der Waals surface area contributed by atoms with E-state index in [0.717, 1.165) is 30.6 Å². The van der Waals surface area contributed by atoms with Gasteiger partial charge in [0.1, 0.15) is 5.75 Å². The fraction of sp³-hybridized carbons (Fsp3) is 0.214. The van der Waals surface area contributed by atoms with Crippen molar-refractivity contribution in [1.82, 2.24) is 15.5 Å². The average Bonchev–Trinajstić information content (AvgIpc) is 2.52. The molecule has 2 rings (SSSR count). The van der Waals surface area contributed by atoms with Crippen molar-refractivity contribution in [3.8, 4) is 5.75 Å². The second-order valence-corrected chi connectivity index (χ2v) is 4.50. The van der Waals surface area contributed by atoms with E-state index in [1.54, 1.807) is 5.32 Å². The third kappa shape index (κ3) is 4.37. The van der Waals surface area contributed by atoms with Gasteiger partial charge in [-0.3, -0.25) is 4.79 Å². The van der Waals surface area contributed by atoms with Gasteiger partial charge in [0.25, 0.3) is 5.91 Å². The molecule has 128 valence electrons. The minimum atomic E-state index is -4.93. The summed E-state index contributed by atoms with van der Waals surface area (Å²) >= 11 is 0. The normalized spacial score (nSPS) is 12.8. The van der Waals surface area contributed by atoms with Crippen LogP contribution in [0, 0.1) is 0 Å². The molecule has 0 unspecified atom stereocenters. The van der Waals surface area contributed by atoms with Gasteiger partial charge >= 0.3 is 12.8 Å². The largest absolute Gasteiger partial charge is 0.434 e. The number of nitrogens with zero attached hydrogens (tertiary/aromatic N) is 2. The van der Waals surface area contributed by atoms with Crippen LogP contribution in [0.4, 0.5) is 22.0 Å². The van der Waals surface area contributed by atoms with E-state index in [-0.39, 0.29) is 5.56 Å². The van der Waals surface area contributed by atoms with Gasteiger partial charge in [0.05, 0.1) is 18.0 Å². The van der Waals surface area contributed by atoms with Crippen LogP contribution in [0.2, 0.25) is 0 Å². The van der Waals surface area contributed by atoms with Crippen LogP contribution in [0.3, 0.4) is 0 Å². The molecule has 0 fully saturated rings. The number of ether oxygens (including phenoxy) is 1. The first-order valence-electron chi connectivity index (χ1n) is 6.47. The van der Waals surface area contributed by atoms with Crippen molar-refractivity contribution >= 4 is 5.91 Å². The molecule has 1 aromatic carbocycles. The summed E-state index contributed by atoms with van der Waals surface area (Å²) in [6, 6.07) is 2.99. The molecule has 0 spiro atoms. The van der Waals surface area contributed by atoms with Gasteiger partial charge in [-0.15, -0.1) is 0 Å². The van der Waals surface area contributed by atoms with Crippen molar-refractivity contribution in [3.63, 3.8) is 0 Å². The highest BCUT2D eigenvalue weighted by Crippen LogP contribution is 2.37. The Labute approximate surface area is 132 Å². The maximum absolute atomic E-state index is 13.3. The van der Waals surface area contributed by atoms with Crippen LogP contribution < -0.4 is 10.1 Å². The Hall–Kier alpha value is -2.78. The first-order chi connectivity index (χ1) is 11.3. The monoisotopic (exact) mass is 347 g/mol. The van der Waals surface area contributed by atoms with Gasteiger partial charge in [-0.05, 0) is 12.1 Å². The average molecular weight is 347 g/mol. The molecule has 0 bridgehead atoms. The highest BCUT2D eigenvalue weighted by Gasteiger charge is 2.43. The quantitative estimate of drug-likeness (QED) is 0.844. The zero-order valence-electron chi connectivity index (χ0n) is 11.8. The molecule has 0 saturated carbocycles. The van der Waals surface area contributed by atoms with E-state index in [2.05, 4.69) is 14.9 Å². The molecule has 0 aliphatic carbocycles. The van der Waals surface area contributed by atoms with E-state index >= 15 is 0 Å². The van der Waals surface area contributed by atoms with Gasteiger partial charge in [0, 0.05) is 5.56 Å². The number of carbonyl (C=O) groups excluding carboxylic acids is 1. The first kappa shape index (κ1) is 17.6. The molecule has 24 heavy (non-hydrogen) atoms. The number of para-hydroxylation sites is 1. The number of hydrogen-bond acceptors (Lipinski definition) is 4. The number of aromatic nitrogens is 2. The fourth-order valence-corrected chi connectivity index (χ4v) is 1.90. The van der Waals surface area contributed by atoms with Crippen molar-refractivity contribution in [3.05, 3.63) is 53.9 Å². The lowest BCUT2D eigenvalue weighted by Gasteiger charge is -2.24. The molecule has 1 heterocycles. The van der Waals surface area contributed by atoms with Gasteiger partial charge < -0.3 is 10.1 Å². The van der Waals surface area contributed by atoms with Crippen molar-refractivity contribution < 1.29 is 31.5 Å². The molecule has 1 N–H and O–H groups in total. The predicted molar refractivity (Wildman–Crippen MR) is 71.4 cm³/mol. The molecule has 0 saturated heterocycles. The summed E-state index contributed by atoms with van der Waals surface area (Å²) in [6.07, 6.45) is -2.83. The zero-order chi connectivity index (χ0) is 17.7. The topological polar surface area (TPSA) is 64.1 Å². The summed E-state index contributed by atoms with van der Waals surface area (Å²) in [4.78, 5) is 11.9. The molecule has 5 nitrogen and oxygen atoms in total. The SMILES string of the molecule is O=C(N[C@@H](c1ccccc1OC(F)F)C(F)(F)F)c1ccnnc1. The van der Waals surface area contributed by atoms with Gasteiger partial charge in [-0.2, -0.15) is 32.1 Å². The summed E-state index contributed by atoms with van der Waals surface area (Å²) in [6.45, 7) is -3.31. The molecule has 1 aromatic heterocycles. The summed E-state index contributed by atoms with van der Waals surface area (Å²) in [5, 5.41) is 8.54. The van der Waals surface area contributed by atoms with Gasteiger partial charge in [0.2, 0.25) is 0 Å². The minimum Gasteiger partial charge on any atom is -0.434 e. The third-order valence-corrected chi connectivity index (χ3v) is 2.90. The Morgan fingerprint density at radius 1 is 1.12 bits per heavy atom. The van der Waals surface area contributed by atoms with E-state index < -0.39 is 36.0 Å². The second kappa shape index (κ2) is 7.20. The van der Waals surface area contributed by atoms with Crippen LogP contribution in [0.1, 0.15) is 22.0 Å². The Balaban J connectivity index is 2.35. The molecule has 2 aromatic rings. The molecule has 0 aliphatic heterocycles. The van der Waals surface area contributed by atoms with Crippen LogP contribution in [-0.4, -0.2) is 28.9 Å². The van der Waals surface area contributed by atoms with E-state index in [0.29, 0.717) is 0 Å². The number of alkyl halides is 5. The highest BCUT2D eigenvalue weighted by atomic mass is 19.4. The number of nitrogens with one attached hydrogen (secondary N) is 1. The van der Waals surface area contributed by atoms with Crippen molar-refractivity contribution in [2.45, 2.75) is 18.8 Å². The summed E-state index contributed by atoms with van der Waals surface area (Å²) in [5.74, 6) is -1.76. The summed E-state index contributed by atoms with van der Waals surface area (Å²) in [5.41, 5.74) is -0.799. The number of carbonyl (C=O) groups is 1. The molecular formula is C14H10F5N3O2. The number of benzene rings is 1. The number of amides is 1. The van der Waals surface area contributed by atoms with Crippen molar-refractivity contribution in [2.75, 3.05) is 0 Å². The summed E-state index contributed by atoms with van der Waals surface area (Å²) < 4.78 is 68.8. The molecular weight excluding hydrogens is 337 g/mol. The van der Waals surface area contributed by atoms with E-state index in [9.17, 15) is 26.7 Å². The summed E-state index contributed by atoms with van der Waals surface area (Å²) in [7, 11) is 0. The van der Waals surface area contributed by atoms with Crippen LogP contribution in [0.25, 0.3) is 0 Å². The standard InChI is InChI=1S/C14H10F5N3O2/c15-13(16)24-10-4-2-1-3-9(10)11(14(17,18)19)22-12(23)8-5-6-20-21-7-8/h1-7,11,13H,(H,22,23)/t11-/m0/s1. The maximum Gasteiger partial charge on any atom is 0.413 e. The van der Waals surface area contributed by atoms with Crippen molar-refractivity contribution in [1.29, 1.82) is 0 Å². The van der Waals surface area contributed by atoms with E-state index in [4.69, 9.17) is 0 Å². The molecule has 1 amide bonds. The molecule has 1 atom stereocenters. The lowest BCUT2D eigenvalue weighted by Crippen LogP contribution is -2.38. The third-order valence-electron chi connectivity index (χ3n) is 2.90. The molecule has 0 radical (unpaired) electrons.